The Balaban J connectivity index is 2.00. The van der Waals surface area contributed by atoms with Gasteiger partial charge in [0.2, 0.25) is 5.91 Å². The van der Waals surface area contributed by atoms with Crippen molar-refractivity contribution >= 4 is 35.0 Å². The highest BCUT2D eigenvalue weighted by atomic mass is 35.5. The number of piperazine rings is 1. The van der Waals surface area contributed by atoms with E-state index in [9.17, 15) is 9.59 Å². The first kappa shape index (κ1) is 16.8. The standard InChI is InChI=1S/C18H16Cl2N2O2/c1-11-3-2-4-12(9-11)16-17(23)21-7-8-22(16)18(24)14-6-5-13(19)10-15(14)20/h2-6,9-10,16H,7-8H2,1H3,(H,21,23). The molecule has 24 heavy (non-hydrogen) atoms. The second-order valence-electron chi connectivity index (χ2n) is 5.73. The van der Waals surface area contributed by atoms with Crippen molar-refractivity contribution in [1.29, 1.82) is 0 Å². The fourth-order valence-electron chi connectivity index (χ4n) is 2.87. The zero-order valence-electron chi connectivity index (χ0n) is 13.1. The van der Waals surface area contributed by atoms with Gasteiger partial charge in [-0.1, -0.05) is 53.0 Å². The van der Waals surface area contributed by atoms with E-state index in [1.165, 1.54) is 6.07 Å². The fraction of sp³-hybridized carbons (Fsp3) is 0.222. The largest absolute Gasteiger partial charge is 0.352 e. The molecule has 0 aromatic heterocycles. The van der Waals surface area contributed by atoms with Gasteiger partial charge in [-0.2, -0.15) is 0 Å². The van der Waals surface area contributed by atoms with E-state index in [0.717, 1.165) is 11.1 Å². The van der Waals surface area contributed by atoms with Crippen LogP contribution in [0.1, 0.15) is 27.5 Å². The number of carbonyl (C=O) groups is 2. The van der Waals surface area contributed by atoms with Gasteiger partial charge in [-0.25, -0.2) is 0 Å². The summed E-state index contributed by atoms with van der Waals surface area (Å²) < 4.78 is 0. The lowest BCUT2D eigenvalue weighted by Gasteiger charge is -2.35. The molecule has 1 heterocycles. The Morgan fingerprint density at radius 3 is 2.71 bits per heavy atom. The Hall–Kier alpha value is -2.04. The third-order valence-electron chi connectivity index (χ3n) is 3.99. The second-order valence-corrected chi connectivity index (χ2v) is 6.57. The Labute approximate surface area is 150 Å². The van der Waals surface area contributed by atoms with Gasteiger partial charge in [0.25, 0.3) is 5.91 Å². The molecule has 124 valence electrons. The van der Waals surface area contributed by atoms with Crippen LogP contribution < -0.4 is 5.32 Å². The van der Waals surface area contributed by atoms with E-state index in [1.807, 2.05) is 31.2 Å². The first-order chi connectivity index (χ1) is 11.5. The Morgan fingerprint density at radius 1 is 1.21 bits per heavy atom. The summed E-state index contributed by atoms with van der Waals surface area (Å²) in [5.41, 5.74) is 2.15. The molecule has 1 N–H and O–H groups in total. The molecule has 2 aromatic carbocycles. The minimum absolute atomic E-state index is 0.190. The second kappa shape index (κ2) is 6.83. The first-order valence-corrected chi connectivity index (χ1v) is 8.33. The van der Waals surface area contributed by atoms with Gasteiger partial charge in [0.15, 0.2) is 0 Å². The average Bonchev–Trinajstić information content (AvgIpc) is 2.54. The molecule has 1 fully saturated rings. The van der Waals surface area contributed by atoms with Gasteiger partial charge < -0.3 is 10.2 Å². The van der Waals surface area contributed by atoms with Crippen LogP contribution in [0.25, 0.3) is 0 Å². The number of nitrogens with zero attached hydrogens (tertiary/aromatic N) is 1. The molecule has 0 bridgehead atoms. The third kappa shape index (κ3) is 3.25. The van der Waals surface area contributed by atoms with Gasteiger partial charge >= 0.3 is 0 Å². The fourth-order valence-corrected chi connectivity index (χ4v) is 3.36. The van der Waals surface area contributed by atoms with Crippen LogP contribution >= 0.6 is 23.2 Å². The molecule has 2 amide bonds. The van der Waals surface area contributed by atoms with E-state index in [-0.39, 0.29) is 16.8 Å². The van der Waals surface area contributed by atoms with Crippen LogP contribution in [0.5, 0.6) is 0 Å². The number of hydrogen-bond acceptors (Lipinski definition) is 2. The summed E-state index contributed by atoms with van der Waals surface area (Å²) in [4.78, 5) is 27.0. The Bertz CT molecular complexity index is 807. The molecule has 1 aliphatic rings. The van der Waals surface area contributed by atoms with Gasteiger partial charge in [0.1, 0.15) is 6.04 Å². The molecule has 3 rings (SSSR count). The Kier molecular flexibility index (Phi) is 4.78. The van der Waals surface area contributed by atoms with E-state index in [2.05, 4.69) is 5.32 Å². The van der Waals surface area contributed by atoms with Crippen molar-refractivity contribution in [1.82, 2.24) is 10.2 Å². The van der Waals surface area contributed by atoms with E-state index >= 15 is 0 Å². The molecule has 0 spiro atoms. The predicted octanol–water partition coefficient (Wildman–Crippen LogP) is 3.62. The molecule has 0 saturated carbocycles. The number of halogens is 2. The average molecular weight is 363 g/mol. The van der Waals surface area contributed by atoms with Crippen molar-refractivity contribution < 1.29 is 9.59 Å². The number of amides is 2. The molecular weight excluding hydrogens is 347 g/mol. The molecule has 4 nitrogen and oxygen atoms in total. The van der Waals surface area contributed by atoms with Crippen molar-refractivity contribution in [3.05, 3.63) is 69.2 Å². The minimum Gasteiger partial charge on any atom is -0.352 e. The lowest BCUT2D eigenvalue weighted by molar-refractivity contribution is -0.128. The molecule has 1 unspecified atom stereocenters. The summed E-state index contributed by atoms with van der Waals surface area (Å²) >= 11 is 12.1. The van der Waals surface area contributed by atoms with E-state index in [4.69, 9.17) is 23.2 Å². The first-order valence-electron chi connectivity index (χ1n) is 7.57. The quantitative estimate of drug-likeness (QED) is 0.886. The van der Waals surface area contributed by atoms with Crippen LogP contribution in [0.3, 0.4) is 0 Å². The zero-order chi connectivity index (χ0) is 17.3. The van der Waals surface area contributed by atoms with Crippen LogP contribution in [0.15, 0.2) is 42.5 Å². The van der Waals surface area contributed by atoms with Gasteiger partial charge in [-0.15, -0.1) is 0 Å². The van der Waals surface area contributed by atoms with Gasteiger partial charge in [0.05, 0.1) is 10.6 Å². The summed E-state index contributed by atoms with van der Waals surface area (Å²) in [7, 11) is 0. The maximum Gasteiger partial charge on any atom is 0.256 e. The van der Waals surface area contributed by atoms with Gasteiger partial charge in [0, 0.05) is 18.1 Å². The van der Waals surface area contributed by atoms with Gasteiger partial charge in [-0.3, -0.25) is 9.59 Å². The van der Waals surface area contributed by atoms with Crippen LogP contribution in [-0.2, 0) is 4.79 Å². The molecule has 0 radical (unpaired) electrons. The number of carbonyl (C=O) groups excluding carboxylic acids is 2. The predicted molar refractivity (Wildman–Crippen MR) is 94.4 cm³/mol. The number of benzene rings is 2. The molecule has 1 saturated heterocycles. The van der Waals surface area contributed by atoms with Crippen molar-refractivity contribution in [3.8, 4) is 0 Å². The van der Waals surface area contributed by atoms with Crippen molar-refractivity contribution in [2.24, 2.45) is 0 Å². The van der Waals surface area contributed by atoms with E-state index < -0.39 is 6.04 Å². The van der Waals surface area contributed by atoms with Crippen LogP contribution in [0.4, 0.5) is 0 Å². The third-order valence-corrected chi connectivity index (χ3v) is 4.54. The normalized spacial score (nSPS) is 17.5. The lowest BCUT2D eigenvalue weighted by atomic mass is 9.99. The highest BCUT2D eigenvalue weighted by Gasteiger charge is 2.35. The summed E-state index contributed by atoms with van der Waals surface area (Å²) in [6, 6.07) is 11.7. The maximum atomic E-state index is 13.0. The Morgan fingerprint density at radius 2 is 2.00 bits per heavy atom. The molecule has 1 atom stereocenters. The summed E-state index contributed by atoms with van der Waals surface area (Å²) in [5, 5.41) is 3.56. The molecular formula is C18H16Cl2N2O2. The number of nitrogens with one attached hydrogen (secondary N) is 1. The minimum atomic E-state index is -0.669. The maximum absolute atomic E-state index is 13.0. The molecule has 2 aromatic rings. The molecule has 6 heteroatoms. The van der Waals surface area contributed by atoms with Crippen molar-refractivity contribution in [3.63, 3.8) is 0 Å². The summed E-state index contributed by atoms with van der Waals surface area (Å²) in [5.74, 6) is -0.469. The zero-order valence-corrected chi connectivity index (χ0v) is 14.6. The smallest absolute Gasteiger partial charge is 0.256 e. The highest BCUT2D eigenvalue weighted by Crippen LogP contribution is 2.29. The van der Waals surface area contributed by atoms with Gasteiger partial charge in [-0.05, 0) is 30.7 Å². The number of rotatable bonds is 2. The number of aryl methyl sites for hydroxylation is 1. The van der Waals surface area contributed by atoms with Crippen LogP contribution in [0, 0.1) is 6.92 Å². The van der Waals surface area contributed by atoms with Crippen molar-refractivity contribution in [2.75, 3.05) is 13.1 Å². The summed E-state index contributed by atoms with van der Waals surface area (Å²) in [6.45, 7) is 2.78. The highest BCUT2D eigenvalue weighted by molar-refractivity contribution is 6.36. The SMILES string of the molecule is Cc1cccc(C2C(=O)NCCN2C(=O)c2ccc(Cl)cc2Cl)c1. The van der Waals surface area contributed by atoms with Crippen LogP contribution in [0.2, 0.25) is 10.0 Å². The van der Waals surface area contributed by atoms with Crippen LogP contribution in [-0.4, -0.2) is 29.8 Å². The van der Waals surface area contributed by atoms with Crippen molar-refractivity contribution in [2.45, 2.75) is 13.0 Å². The summed E-state index contributed by atoms with van der Waals surface area (Å²) in [6.07, 6.45) is 0. The number of hydrogen-bond donors (Lipinski definition) is 1. The monoisotopic (exact) mass is 362 g/mol. The molecule has 0 aliphatic carbocycles. The molecule has 1 aliphatic heterocycles. The lowest BCUT2D eigenvalue weighted by Crippen LogP contribution is -2.52. The van der Waals surface area contributed by atoms with E-state index in [0.29, 0.717) is 23.7 Å². The van der Waals surface area contributed by atoms with E-state index in [1.54, 1.807) is 17.0 Å². The topological polar surface area (TPSA) is 49.4 Å².